The quantitative estimate of drug-likeness (QED) is 0.751. The first-order chi connectivity index (χ1) is 10.1. The fourth-order valence-electron chi connectivity index (χ4n) is 2.88. The first kappa shape index (κ1) is 16.0. The maximum atomic E-state index is 9.83. The van der Waals surface area contributed by atoms with Crippen LogP contribution in [0.1, 0.15) is 64.6 Å². The normalized spacial score (nSPS) is 17.8. The summed E-state index contributed by atoms with van der Waals surface area (Å²) in [4.78, 5) is 9.17. The molecule has 1 fully saturated rings. The van der Waals surface area contributed by atoms with Gasteiger partial charge in [-0.1, -0.05) is 33.1 Å². The average molecular weight is 292 g/mol. The number of aliphatic hydroxyl groups is 1. The lowest BCUT2D eigenvalue weighted by Crippen LogP contribution is -2.44. The summed E-state index contributed by atoms with van der Waals surface area (Å²) in [6.07, 6.45) is 5.58. The van der Waals surface area contributed by atoms with Crippen molar-refractivity contribution in [2.24, 2.45) is 0 Å². The van der Waals surface area contributed by atoms with E-state index >= 15 is 0 Å². The van der Waals surface area contributed by atoms with E-state index in [4.69, 9.17) is 0 Å². The zero-order valence-electron chi connectivity index (χ0n) is 13.4. The second kappa shape index (κ2) is 7.07. The molecule has 0 saturated heterocycles. The van der Waals surface area contributed by atoms with E-state index in [9.17, 15) is 5.11 Å². The number of nitrogens with one attached hydrogen (secondary N) is 2. The van der Waals surface area contributed by atoms with E-state index in [1.54, 1.807) is 0 Å². The molecule has 1 aliphatic carbocycles. The van der Waals surface area contributed by atoms with E-state index in [1.807, 2.05) is 6.07 Å². The number of hydrogen-bond donors (Lipinski definition) is 3. The highest BCUT2D eigenvalue weighted by atomic mass is 16.3. The number of nitrogens with zero attached hydrogens (tertiary/aromatic N) is 2. The van der Waals surface area contributed by atoms with Gasteiger partial charge in [0, 0.05) is 18.5 Å². The van der Waals surface area contributed by atoms with Crippen molar-refractivity contribution >= 4 is 11.6 Å². The predicted molar refractivity (Wildman–Crippen MR) is 86.8 cm³/mol. The fourth-order valence-corrected chi connectivity index (χ4v) is 2.88. The summed E-state index contributed by atoms with van der Waals surface area (Å²) in [5.41, 5.74) is -0.218. The maximum absolute atomic E-state index is 9.83. The van der Waals surface area contributed by atoms with Crippen LogP contribution in [-0.2, 0) is 0 Å². The van der Waals surface area contributed by atoms with E-state index in [1.165, 1.54) is 6.42 Å². The van der Waals surface area contributed by atoms with Gasteiger partial charge in [-0.05, 0) is 19.8 Å². The molecule has 1 aliphatic rings. The third-order valence-electron chi connectivity index (χ3n) is 4.12. The van der Waals surface area contributed by atoms with Gasteiger partial charge in [0.05, 0.1) is 12.1 Å². The molecule has 0 unspecified atom stereocenters. The molecule has 0 bridgehead atoms. The van der Waals surface area contributed by atoms with Crippen molar-refractivity contribution < 1.29 is 5.11 Å². The number of rotatable bonds is 6. The molecule has 0 spiro atoms. The van der Waals surface area contributed by atoms with E-state index < -0.39 is 0 Å². The second-order valence-corrected chi connectivity index (χ2v) is 6.31. The topological polar surface area (TPSA) is 70.1 Å². The van der Waals surface area contributed by atoms with Gasteiger partial charge >= 0.3 is 0 Å². The molecule has 0 radical (unpaired) electrons. The molecule has 1 heterocycles. The molecule has 0 amide bonds. The molecule has 0 atom stereocenters. The van der Waals surface area contributed by atoms with Crippen LogP contribution in [0.4, 0.5) is 11.6 Å². The fraction of sp³-hybridized carbons (Fsp3) is 0.750. The van der Waals surface area contributed by atoms with Crippen LogP contribution in [0.2, 0.25) is 0 Å². The van der Waals surface area contributed by atoms with Crippen molar-refractivity contribution in [1.29, 1.82) is 0 Å². The maximum Gasteiger partial charge on any atom is 0.135 e. The minimum absolute atomic E-state index is 0.157. The Morgan fingerprint density at radius 2 is 1.86 bits per heavy atom. The van der Waals surface area contributed by atoms with Crippen LogP contribution in [-0.4, -0.2) is 33.8 Å². The van der Waals surface area contributed by atoms with Gasteiger partial charge in [0.1, 0.15) is 17.5 Å². The first-order valence-corrected chi connectivity index (χ1v) is 8.10. The number of anilines is 2. The summed E-state index contributed by atoms with van der Waals surface area (Å²) in [6.45, 7) is 7.23. The van der Waals surface area contributed by atoms with Gasteiger partial charge in [-0.2, -0.15) is 0 Å². The molecule has 21 heavy (non-hydrogen) atoms. The third-order valence-corrected chi connectivity index (χ3v) is 4.12. The van der Waals surface area contributed by atoms with Crippen LogP contribution < -0.4 is 10.6 Å². The SMILES string of the molecule is CCNc1cc(NC2(CO)CCCCC2)nc(C(C)C)n1. The number of aromatic nitrogens is 2. The Bertz CT molecular complexity index is 456. The van der Waals surface area contributed by atoms with Crippen molar-refractivity contribution in [2.45, 2.75) is 64.3 Å². The van der Waals surface area contributed by atoms with E-state index in [0.29, 0.717) is 0 Å². The van der Waals surface area contributed by atoms with Gasteiger partial charge in [0.2, 0.25) is 0 Å². The van der Waals surface area contributed by atoms with Crippen LogP contribution in [0.5, 0.6) is 0 Å². The van der Waals surface area contributed by atoms with Gasteiger partial charge in [-0.25, -0.2) is 9.97 Å². The summed E-state index contributed by atoms with van der Waals surface area (Å²) < 4.78 is 0. The van der Waals surface area contributed by atoms with Gasteiger partial charge in [-0.15, -0.1) is 0 Å². The van der Waals surface area contributed by atoms with Gasteiger partial charge in [0.25, 0.3) is 0 Å². The van der Waals surface area contributed by atoms with Crippen molar-refractivity contribution in [3.8, 4) is 0 Å². The lowest BCUT2D eigenvalue weighted by molar-refractivity contribution is 0.172. The largest absolute Gasteiger partial charge is 0.394 e. The third kappa shape index (κ3) is 4.06. The molecule has 5 nitrogen and oxygen atoms in total. The molecule has 1 aromatic rings. The summed E-state index contributed by atoms with van der Waals surface area (Å²) in [5, 5.41) is 16.6. The number of hydrogen-bond acceptors (Lipinski definition) is 5. The Kier molecular flexibility index (Phi) is 5.39. The highest BCUT2D eigenvalue weighted by Crippen LogP contribution is 2.31. The van der Waals surface area contributed by atoms with Crippen molar-refractivity contribution in [2.75, 3.05) is 23.8 Å². The monoisotopic (exact) mass is 292 g/mol. The van der Waals surface area contributed by atoms with Crippen LogP contribution in [0.3, 0.4) is 0 Å². The molecular weight excluding hydrogens is 264 g/mol. The van der Waals surface area contributed by atoms with Crippen LogP contribution in [0.15, 0.2) is 6.07 Å². The zero-order valence-corrected chi connectivity index (χ0v) is 13.4. The Hall–Kier alpha value is -1.36. The van der Waals surface area contributed by atoms with E-state index in [2.05, 4.69) is 41.4 Å². The highest BCUT2D eigenvalue weighted by Gasteiger charge is 2.31. The van der Waals surface area contributed by atoms with Crippen LogP contribution in [0.25, 0.3) is 0 Å². The van der Waals surface area contributed by atoms with Crippen LogP contribution in [0, 0.1) is 0 Å². The van der Waals surface area contributed by atoms with Gasteiger partial charge < -0.3 is 15.7 Å². The molecule has 0 aliphatic heterocycles. The minimum Gasteiger partial charge on any atom is -0.394 e. The Balaban J connectivity index is 2.24. The van der Waals surface area contributed by atoms with E-state index in [0.717, 1.165) is 49.7 Å². The van der Waals surface area contributed by atoms with Crippen molar-refractivity contribution in [3.63, 3.8) is 0 Å². The van der Waals surface area contributed by atoms with E-state index in [-0.39, 0.29) is 18.1 Å². The number of aliphatic hydroxyl groups excluding tert-OH is 1. The Labute approximate surface area is 127 Å². The van der Waals surface area contributed by atoms with Crippen molar-refractivity contribution in [3.05, 3.63) is 11.9 Å². The minimum atomic E-state index is -0.218. The first-order valence-electron chi connectivity index (χ1n) is 8.10. The van der Waals surface area contributed by atoms with Crippen molar-refractivity contribution in [1.82, 2.24) is 9.97 Å². The molecular formula is C16H28N4O. The summed E-state index contributed by atoms with van der Waals surface area (Å²) in [5.74, 6) is 2.78. The Morgan fingerprint density at radius 3 is 2.43 bits per heavy atom. The predicted octanol–water partition coefficient (Wildman–Crippen LogP) is 3.14. The smallest absolute Gasteiger partial charge is 0.135 e. The summed E-state index contributed by atoms with van der Waals surface area (Å²) in [6, 6.07) is 1.95. The molecule has 0 aromatic carbocycles. The molecule has 2 rings (SSSR count). The lowest BCUT2D eigenvalue weighted by atomic mass is 9.82. The highest BCUT2D eigenvalue weighted by molar-refractivity contribution is 5.49. The lowest BCUT2D eigenvalue weighted by Gasteiger charge is -2.37. The van der Waals surface area contributed by atoms with Crippen LogP contribution >= 0.6 is 0 Å². The molecule has 1 saturated carbocycles. The average Bonchev–Trinajstić information content (AvgIpc) is 2.48. The summed E-state index contributed by atoms with van der Waals surface area (Å²) in [7, 11) is 0. The molecule has 1 aromatic heterocycles. The standard InChI is InChI=1S/C16H28N4O/c1-4-17-13-10-14(19-15(18-13)12(2)3)20-16(11-21)8-6-5-7-9-16/h10,12,21H,4-9,11H2,1-3H3,(H2,17,18,19,20). The Morgan fingerprint density at radius 1 is 1.19 bits per heavy atom. The molecule has 3 N–H and O–H groups in total. The van der Waals surface area contributed by atoms with Gasteiger partial charge in [-0.3, -0.25) is 0 Å². The molecule has 118 valence electrons. The zero-order chi connectivity index (χ0) is 15.3. The van der Waals surface area contributed by atoms with Gasteiger partial charge in [0.15, 0.2) is 0 Å². The summed E-state index contributed by atoms with van der Waals surface area (Å²) >= 11 is 0. The molecule has 5 heteroatoms. The second-order valence-electron chi connectivity index (χ2n) is 6.31.